The van der Waals surface area contributed by atoms with Crippen LogP contribution in [0, 0.1) is 12.8 Å². The van der Waals surface area contributed by atoms with E-state index in [0.717, 1.165) is 73.5 Å². The molecular formula is C40H42N4O3S. The number of imidazole rings is 1. The summed E-state index contributed by atoms with van der Waals surface area (Å²) in [7, 11) is 0. The normalized spacial score (nSPS) is 12.2. The molecule has 6 rings (SSSR count). The number of carboxylic acids is 1. The molecule has 6 aromatic rings. The maximum Gasteiger partial charge on any atom is 0.336 e. The number of nitrogens with two attached hydrogens (primary N) is 1. The number of rotatable bonds is 12. The largest absolute Gasteiger partial charge is 0.478 e. The third kappa shape index (κ3) is 6.85. The first-order valence-corrected chi connectivity index (χ1v) is 17.4. The van der Waals surface area contributed by atoms with Crippen molar-refractivity contribution in [2.75, 3.05) is 5.73 Å². The molecule has 2 heterocycles. The van der Waals surface area contributed by atoms with Crippen LogP contribution in [0.4, 0.5) is 5.69 Å². The first-order valence-electron chi connectivity index (χ1n) is 16.6. The van der Waals surface area contributed by atoms with Gasteiger partial charge in [-0.15, -0.1) is 11.3 Å². The molecule has 7 nitrogen and oxygen atoms in total. The number of aromatic nitrogens is 2. The van der Waals surface area contributed by atoms with E-state index in [0.29, 0.717) is 30.0 Å². The number of carboxylic acid groups (broad SMARTS) is 1. The number of carbonyl (C=O) groups is 2. The lowest BCUT2D eigenvalue weighted by Gasteiger charge is -2.21. The number of nitrogens with one attached hydrogen (secondary N) is 1. The molecule has 4 aromatic carbocycles. The van der Waals surface area contributed by atoms with Crippen molar-refractivity contribution in [2.24, 2.45) is 5.92 Å². The number of aromatic carboxylic acids is 1. The highest BCUT2D eigenvalue weighted by Crippen LogP contribution is 2.35. The number of hydrogen-bond acceptors (Lipinski definition) is 5. The van der Waals surface area contributed by atoms with Crippen LogP contribution < -0.4 is 11.1 Å². The molecule has 0 bridgehead atoms. The molecule has 0 aliphatic rings. The zero-order valence-corrected chi connectivity index (χ0v) is 28.7. The van der Waals surface area contributed by atoms with Gasteiger partial charge in [-0.05, 0) is 72.2 Å². The Morgan fingerprint density at radius 3 is 2.44 bits per heavy atom. The number of aryl methyl sites for hydroxylation is 2. The molecule has 0 saturated heterocycles. The third-order valence-electron chi connectivity index (χ3n) is 8.86. The Bertz CT molecular complexity index is 2110. The summed E-state index contributed by atoms with van der Waals surface area (Å²) in [5.74, 6) is 0.332. The Morgan fingerprint density at radius 1 is 1.00 bits per heavy atom. The second kappa shape index (κ2) is 14.0. The predicted octanol–water partition coefficient (Wildman–Crippen LogP) is 8.89. The second-order valence-electron chi connectivity index (χ2n) is 13.0. The van der Waals surface area contributed by atoms with E-state index in [-0.39, 0.29) is 17.5 Å². The Hall–Kier alpha value is -4.95. The van der Waals surface area contributed by atoms with Crippen LogP contribution in [-0.4, -0.2) is 32.6 Å². The zero-order chi connectivity index (χ0) is 33.9. The fourth-order valence-corrected chi connectivity index (χ4v) is 7.78. The van der Waals surface area contributed by atoms with Gasteiger partial charge in [-0.3, -0.25) is 4.79 Å². The molecule has 0 aliphatic heterocycles. The maximum absolute atomic E-state index is 13.9. The molecule has 48 heavy (non-hydrogen) atoms. The highest BCUT2D eigenvalue weighted by atomic mass is 32.1. The molecule has 0 fully saturated rings. The van der Waals surface area contributed by atoms with Crippen molar-refractivity contribution >= 4 is 50.0 Å². The second-order valence-corrected chi connectivity index (χ2v) is 14.1. The summed E-state index contributed by atoms with van der Waals surface area (Å²) < 4.78 is 3.38. The average Bonchev–Trinajstić information content (AvgIpc) is 3.57. The van der Waals surface area contributed by atoms with E-state index in [1.165, 1.54) is 0 Å². The smallest absolute Gasteiger partial charge is 0.336 e. The maximum atomic E-state index is 13.9. The van der Waals surface area contributed by atoms with Gasteiger partial charge < -0.3 is 20.7 Å². The van der Waals surface area contributed by atoms with Crippen LogP contribution in [0.15, 0.2) is 84.9 Å². The van der Waals surface area contributed by atoms with Crippen molar-refractivity contribution in [1.82, 2.24) is 14.9 Å². The fraction of sp³-hybridized carbons (Fsp3) is 0.275. The van der Waals surface area contributed by atoms with Crippen molar-refractivity contribution in [1.29, 1.82) is 0 Å². The van der Waals surface area contributed by atoms with Crippen molar-refractivity contribution in [2.45, 2.75) is 66.0 Å². The summed E-state index contributed by atoms with van der Waals surface area (Å²) in [6, 6.07) is 27.1. The molecule has 4 N–H and O–H groups in total. The van der Waals surface area contributed by atoms with Gasteiger partial charge in [0, 0.05) is 46.0 Å². The van der Waals surface area contributed by atoms with Gasteiger partial charge in [0.2, 0.25) is 0 Å². The van der Waals surface area contributed by atoms with Crippen LogP contribution in [0.25, 0.3) is 32.2 Å². The Balaban J connectivity index is 1.29. The Morgan fingerprint density at radius 2 is 1.73 bits per heavy atom. The molecular weight excluding hydrogens is 617 g/mol. The molecule has 0 radical (unpaired) electrons. The third-order valence-corrected chi connectivity index (χ3v) is 10.1. The lowest BCUT2D eigenvalue weighted by Crippen LogP contribution is -2.37. The number of fused-ring (bicyclic) bond motifs is 2. The van der Waals surface area contributed by atoms with Crippen LogP contribution in [0.2, 0.25) is 0 Å². The summed E-state index contributed by atoms with van der Waals surface area (Å²) in [5.41, 5.74) is 13.7. The molecule has 246 valence electrons. The summed E-state index contributed by atoms with van der Waals surface area (Å²) >= 11 is 1.70. The van der Waals surface area contributed by atoms with Gasteiger partial charge in [-0.1, -0.05) is 81.4 Å². The van der Waals surface area contributed by atoms with Gasteiger partial charge in [0.1, 0.15) is 5.82 Å². The zero-order valence-electron chi connectivity index (χ0n) is 27.9. The first-order chi connectivity index (χ1) is 23.1. The Labute approximate surface area is 285 Å². The van der Waals surface area contributed by atoms with Gasteiger partial charge in [0.25, 0.3) is 5.91 Å². The summed E-state index contributed by atoms with van der Waals surface area (Å²) in [4.78, 5) is 31.9. The minimum Gasteiger partial charge on any atom is -0.478 e. The molecule has 0 unspecified atom stereocenters. The topological polar surface area (TPSA) is 110 Å². The summed E-state index contributed by atoms with van der Waals surface area (Å²) in [5, 5.41) is 14.1. The standard InChI is InChI=1S/C40H42N4O3S/c1-5-10-36-43-38-25(4)20-28(39(45)42-29(19-24(2)3)22-35-37(41)32-13-8-9-14-34(32)48-35)21-33(38)44(36)23-26-15-17-27(18-16-26)30-11-6-7-12-31(30)40(46)47/h6-9,11-18,20-21,24,29H,5,10,19,22-23,41H2,1-4H3,(H,42,45)(H,46,47)/t29-/m1/s1. The average molecular weight is 659 g/mol. The van der Waals surface area contributed by atoms with E-state index in [4.69, 9.17) is 10.7 Å². The minimum atomic E-state index is -0.946. The molecule has 0 saturated carbocycles. The van der Waals surface area contributed by atoms with Gasteiger partial charge in [0.05, 0.1) is 22.3 Å². The van der Waals surface area contributed by atoms with Crippen LogP contribution in [0.1, 0.15) is 76.2 Å². The number of carbonyl (C=O) groups excluding carboxylic acids is 1. The van der Waals surface area contributed by atoms with E-state index in [2.05, 4.69) is 42.8 Å². The van der Waals surface area contributed by atoms with E-state index < -0.39 is 5.97 Å². The van der Waals surface area contributed by atoms with Crippen LogP contribution in [0.5, 0.6) is 0 Å². The van der Waals surface area contributed by atoms with Crippen molar-refractivity contribution in [3.63, 3.8) is 0 Å². The quantitative estimate of drug-likeness (QED) is 0.122. The van der Waals surface area contributed by atoms with E-state index in [1.807, 2.05) is 67.6 Å². The monoisotopic (exact) mass is 658 g/mol. The number of benzene rings is 4. The van der Waals surface area contributed by atoms with Crippen LogP contribution >= 0.6 is 11.3 Å². The molecule has 2 aromatic heterocycles. The van der Waals surface area contributed by atoms with Gasteiger partial charge in [0.15, 0.2) is 0 Å². The fourth-order valence-electron chi connectivity index (χ4n) is 6.58. The molecule has 1 amide bonds. The van der Waals surface area contributed by atoms with Crippen molar-refractivity contribution < 1.29 is 14.7 Å². The number of anilines is 1. The van der Waals surface area contributed by atoms with Gasteiger partial charge in [-0.25, -0.2) is 9.78 Å². The number of amides is 1. The molecule has 0 spiro atoms. The SMILES string of the molecule is CCCc1nc2c(C)cc(C(=O)N[C@@H](Cc3sc4ccccc4c3N)CC(C)C)cc2n1Cc1ccc(-c2ccccc2C(=O)O)cc1. The number of hydrogen-bond donors (Lipinski definition) is 3. The van der Waals surface area contributed by atoms with Crippen molar-refractivity contribution in [3.05, 3.63) is 118 Å². The highest BCUT2D eigenvalue weighted by molar-refractivity contribution is 7.19. The Kier molecular flexibility index (Phi) is 9.64. The van der Waals surface area contributed by atoms with Crippen LogP contribution in [-0.2, 0) is 19.4 Å². The summed E-state index contributed by atoms with van der Waals surface area (Å²) in [6.45, 7) is 9.09. The van der Waals surface area contributed by atoms with Crippen molar-refractivity contribution in [3.8, 4) is 11.1 Å². The predicted molar refractivity (Wildman–Crippen MR) is 197 cm³/mol. The lowest BCUT2D eigenvalue weighted by atomic mass is 9.98. The van der Waals surface area contributed by atoms with E-state index in [1.54, 1.807) is 23.5 Å². The van der Waals surface area contributed by atoms with Crippen LogP contribution in [0.3, 0.4) is 0 Å². The first kappa shape index (κ1) is 33.0. The number of nitrogens with zero attached hydrogens (tertiary/aromatic N) is 2. The van der Waals surface area contributed by atoms with Gasteiger partial charge in [-0.2, -0.15) is 0 Å². The molecule has 0 aliphatic carbocycles. The number of thiophene rings is 1. The molecule has 1 atom stereocenters. The minimum absolute atomic E-state index is 0.0609. The highest BCUT2D eigenvalue weighted by Gasteiger charge is 2.22. The molecule has 8 heteroatoms. The van der Waals surface area contributed by atoms with E-state index in [9.17, 15) is 14.7 Å². The summed E-state index contributed by atoms with van der Waals surface area (Å²) in [6.07, 6.45) is 3.28. The van der Waals surface area contributed by atoms with Gasteiger partial charge >= 0.3 is 5.97 Å². The number of nitrogen functional groups attached to an aromatic ring is 1. The lowest BCUT2D eigenvalue weighted by molar-refractivity contribution is 0.0697. The van der Waals surface area contributed by atoms with E-state index >= 15 is 0 Å².